The van der Waals surface area contributed by atoms with E-state index in [0.29, 0.717) is 11.3 Å². The smallest absolute Gasteiger partial charge is 0.339 e. The van der Waals surface area contributed by atoms with Crippen molar-refractivity contribution < 1.29 is 19.4 Å². The minimum atomic E-state index is -1.11. The minimum Gasteiger partial charge on any atom is -0.542 e. The number of carboxylic acids is 1. The molecule has 0 aliphatic carbocycles. The van der Waals surface area contributed by atoms with Gasteiger partial charge >= 0.3 is 5.97 Å². The molecule has 0 unspecified atom stereocenters. The summed E-state index contributed by atoms with van der Waals surface area (Å²) in [5, 5.41) is 18.9. The predicted molar refractivity (Wildman–Crippen MR) is 76.1 cm³/mol. The van der Waals surface area contributed by atoms with Crippen molar-refractivity contribution in [2.75, 3.05) is 0 Å². The van der Waals surface area contributed by atoms with E-state index in [2.05, 4.69) is 0 Å². The third kappa shape index (κ3) is 3.58. The van der Waals surface area contributed by atoms with Crippen molar-refractivity contribution in [2.24, 2.45) is 0 Å². The van der Waals surface area contributed by atoms with Gasteiger partial charge in [0.15, 0.2) is 0 Å². The molecule has 0 saturated carbocycles. The van der Waals surface area contributed by atoms with Crippen LogP contribution >= 0.6 is 0 Å². The lowest BCUT2D eigenvalue weighted by atomic mass is 9.83. The maximum atomic E-state index is 11.3. The lowest BCUT2D eigenvalue weighted by Gasteiger charge is -2.26. The van der Waals surface area contributed by atoms with Crippen molar-refractivity contribution in [3.05, 3.63) is 28.8 Å². The molecule has 0 heterocycles. The van der Waals surface area contributed by atoms with Crippen LogP contribution in [0.3, 0.4) is 0 Å². The number of aromatic carboxylic acids is 1. The Bertz CT molecular complexity index is 475. The van der Waals surface area contributed by atoms with Crippen LogP contribution in [-0.4, -0.2) is 25.2 Å². The van der Waals surface area contributed by atoms with E-state index in [-0.39, 0.29) is 17.6 Å². The zero-order valence-electron chi connectivity index (χ0n) is 12.1. The van der Waals surface area contributed by atoms with Crippen molar-refractivity contribution in [1.29, 1.82) is 0 Å². The first-order valence-electron chi connectivity index (χ1n) is 6.17. The molecule has 0 atom stereocenters. The van der Waals surface area contributed by atoms with E-state index in [9.17, 15) is 15.0 Å². The first-order chi connectivity index (χ1) is 8.68. The lowest BCUT2D eigenvalue weighted by Crippen LogP contribution is -2.20. The van der Waals surface area contributed by atoms with Gasteiger partial charge in [0.1, 0.15) is 11.3 Å². The van der Waals surface area contributed by atoms with Gasteiger partial charge in [0.25, 0.3) is 9.04 Å². The normalized spacial score (nSPS) is 11.7. The van der Waals surface area contributed by atoms with Crippen LogP contribution in [0.15, 0.2) is 12.1 Å². The van der Waals surface area contributed by atoms with Crippen LogP contribution in [-0.2, 0) is 12.0 Å². The Hall–Kier alpha value is -1.33. The largest absolute Gasteiger partial charge is 0.542 e. The second-order valence-corrected chi connectivity index (χ2v) is 7.71. The molecule has 0 aliphatic rings. The number of rotatable bonds is 4. The number of carboxylic acid groups (broad SMARTS) is 1. The van der Waals surface area contributed by atoms with E-state index in [1.54, 1.807) is 12.1 Å². The summed E-state index contributed by atoms with van der Waals surface area (Å²) in [5.74, 6) is -0.713. The summed E-state index contributed by atoms with van der Waals surface area (Å²) in [7, 11) is -1.11. The number of aliphatic hydroxyl groups excluding tert-OH is 1. The Kier molecular flexibility index (Phi) is 4.76. The van der Waals surface area contributed by atoms with Crippen LogP contribution in [0, 0.1) is 0 Å². The van der Waals surface area contributed by atoms with Crippen molar-refractivity contribution in [3.63, 3.8) is 0 Å². The van der Waals surface area contributed by atoms with Crippen LogP contribution < -0.4 is 4.43 Å². The van der Waals surface area contributed by atoms with Crippen LogP contribution in [0.1, 0.15) is 42.3 Å². The van der Waals surface area contributed by atoms with Crippen LogP contribution in [0.25, 0.3) is 0 Å². The summed E-state index contributed by atoms with van der Waals surface area (Å²) in [6.45, 7) is 9.71. The van der Waals surface area contributed by atoms with E-state index in [1.807, 2.05) is 33.9 Å². The van der Waals surface area contributed by atoms with E-state index in [0.717, 1.165) is 5.56 Å². The summed E-state index contributed by atoms with van der Waals surface area (Å²) >= 11 is 0. The molecule has 19 heavy (non-hydrogen) atoms. The molecular formula is C14H21O4Si. The topological polar surface area (TPSA) is 66.8 Å². The molecule has 0 aromatic heterocycles. The number of benzene rings is 1. The van der Waals surface area contributed by atoms with Crippen LogP contribution in [0.4, 0.5) is 0 Å². The van der Waals surface area contributed by atoms with Crippen molar-refractivity contribution in [1.82, 2.24) is 0 Å². The standard InChI is InChI=1S/C14H21O4Si/c1-14(2,3)11-7-6-9(13(16)17)12(10(11)8-15)18-19(4)5/h6-7,15H,8H2,1-5H3,(H,16,17). The monoisotopic (exact) mass is 281 g/mol. The fraction of sp³-hybridized carbons (Fsp3) is 0.500. The van der Waals surface area contributed by atoms with Crippen molar-refractivity contribution >= 4 is 15.0 Å². The summed E-state index contributed by atoms with van der Waals surface area (Å²) in [5.41, 5.74) is 1.43. The second kappa shape index (κ2) is 5.75. The van der Waals surface area contributed by atoms with Gasteiger partial charge in [-0.2, -0.15) is 0 Å². The molecule has 5 heteroatoms. The third-order valence-corrected chi connectivity index (χ3v) is 3.38. The molecule has 1 aromatic rings. The van der Waals surface area contributed by atoms with Gasteiger partial charge in [0, 0.05) is 5.56 Å². The Morgan fingerprint density at radius 2 is 1.89 bits per heavy atom. The van der Waals surface area contributed by atoms with Crippen molar-refractivity contribution in [2.45, 2.75) is 45.9 Å². The number of carbonyl (C=O) groups is 1. The third-order valence-electron chi connectivity index (χ3n) is 2.76. The van der Waals surface area contributed by atoms with Gasteiger partial charge in [-0.05, 0) is 30.1 Å². The van der Waals surface area contributed by atoms with Gasteiger partial charge in [0.05, 0.1) is 6.61 Å². The number of hydrogen-bond donors (Lipinski definition) is 2. The molecule has 4 nitrogen and oxygen atoms in total. The molecule has 1 aromatic carbocycles. The van der Waals surface area contributed by atoms with Gasteiger partial charge in [0.2, 0.25) is 0 Å². The molecule has 0 aliphatic heterocycles. The highest BCUT2D eigenvalue weighted by molar-refractivity contribution is 6.49. The van der Waals surface area contributed by atoms with Gasteiger partial charge in [-0.15, -0.1) is 0 Å². The quantitative estimate of drug-likeness (QED) is 0.833. The van der Waals surface area contributed by atoms with Gasteiger partial charge in [-0.25, -0.2) is 4.79 Å². The maximum Gasteiger partial charge on any atom is 0.339 e. The van der Waals surface area contributed by atoms with E-state index in [1.165, 1.54) is 0 Å². The molecule has 0 fully saturated rings. The van der Waals surface area contributed by atoms with Crippen molar-refractivity contribution in [3.8, 4) is 5.75 Å². The number of hydrogen-bond acceptors (Lipinski definition) is 3. The molecule has 0 saturated heterocycles. The lowest BCUT2D eigenvalue weighted by molar-refractivity contribution is 0.0694. The van der Waals surface area contributed by atoms with Gasteiger partial charge < -0.3 is 14.6 Å². The molecule has 1 radical (unpaired) electrons. The molecule has 1 rings (SSSR count). The Balaban J connectivity index is 3.54. The zero-order valence-corrected chi connectivity index (χ0v) is 13.1. The molecule has 0 spiro atoms. The molecule has 105 valence electrons. The van der Waals surface area contributed by atoms with Gasteiger partial charge in [-0.1, -0.05) is 26.8 Å². The highest BCUT2D eigenvalue weighted by Crippen LogP contribution is 2.35. The Morgan fingerprint density at radius 3 is 2.26 bits per heavy atom. The maximum absolute atomic E-state index is 11.3. The highest BCUT2D eigenvalue weighted by Gasteiger charge is 2.25. The Labute approximate surface area is 115 Å². The molecule has 0 bridgehead atoms. The zero-order chi connectivity index (χ0) is 14.8. The Morgan fingerprint density at radius 1 is 1.32 bits per heavy atom. The summed E-state index contributed by atoms with van der Waals surface area (Å²) in [4.78, 5) is 11.3. The van der Waals surface area contributed by atoms with E-state index >= 15 is 0 Å². The molecule has 0 amide bonds. The fourth-order valence-electron chi connectivity index (χ4n) is 1.98. The number of aliphatic hydroxyl groups is 1. The first kappa shape index (κ1) is 15.7. The van der Waals surface area contributed by atoms with Crippen LogP contribution in [0.5, 0.6) is 5.75 Å². The summed E-state index contributed by atoms with van der Waals surface area (Å²) in [6.07, 6.45) is 0. The first-order valence-corrected chi connectivity index (χ1v) is 8.57. The van der Waals surface area contributed by atoms with E-state index in [4.69, 9.17) is 4.43 Å². The predicted octanol–water partition coefficient (Wildman–Crippen LogP) is 2.80. The van der Waals surface area contributed by atoms with Gasteiger partial charge in [-0.3, -0.25) is 0 Å². The summed E-state index contributed by atoms with van der Waals surface area (Å²) in [6, 6.07) is 3.32. The average molecular weight is 281 g/mol. The second-order valence-electron chi connectivity index (χ2n) is 5.69. The average Bonchev–Trinajstić information content (AvgIpc) is 2.25. The van der Waals surface area contributed by atoms with E-state index < -0.39 is 15.0 Å². The molecule has 2 N–H and O–H groups in total. The minimum absolute atomic E-state index is 0.114. The van der Waals surface area contributed by atoms with Crippen LogP contribution in [0.2, 0.25) is 13.1 Å². The highest BCUT2D eigenvalue weighted by atomic mass is 28.3. The summed E-state index contributed by atoms with van der Waals surface area (Å²) < 4.78 is 5.73. The molecular weight excluding hydrogens is 260 g/mol. The fourth-order valence-corrected chi connectivity index (χ4v) is 2.62. The SMILES string of the molecule is C[Si](C)Oc1c(C(=O)O)ccc(C(C)(C)C)c1CO.